The van der Waals surface area contributed by atoms with Gasteiger partial charge in [-0.2, -0.15) is 0 Å². The third-order valence-electron chi connectivity index (χ3n) is 2.57. The van der Waals surface area contributed by atoms with E-state index in [1.807, 2.05) is 13.8 Å². The highest BCUT2D eigenvalue weighted by atomic mass is 16.5. The van der Waals surface area contributed by atoms with Crippen molar-refractivity contribution in [1.29, 1.82) is 0 Å². The van der Waals surface area contributed by atoms with E-state index in [0.717, 1.165) is 0 Å². The third-order valence-corrected chi connectivity index (χ3v) is 2.57. The van der Waals surface area contributed by atoms with Gasteiger partial charge in [0.05, 0.1) is 19.6 Å². The fraction of sp³-hybridized carbons (Fsp3) is 0.800. The number of amides is 1. The third kappa shape index (κ3) is 2.92. The smallest absolute Gasteiger partial charge is 0.307 e. The lowest BCUT2D eigenvalue weighted by Gasteiger charge is -2.36. The number of nitrogens with one attached hydrogen (secondary N) is 1. The van der Waals surface area contributed by atoms with Crippen molar-refractivity contribution in [3.8, 4) is 0 Å². The Morgan fingerprint density at radius 1 is 1.67 bits per heavy atom. The molecular formula is C10H18N2O3. The molecule has 0 spiro atoms. The van der Waals surface area contributed by atoms with Crippen molar-refractivity contribution in [3.63, 3.8) is 0 Å². The molecule has 0 aromatic heterocycles. The highest BCUT2D eigenvalue weighted by Gasteiger charge is 2.32. The highest BCUT2D eigenvalue weighted by molar-refractivity contribution is 5.87. The van der Waals surface area contributed by atoms with Gasteiger partial charge in [-0.25, -0.2) is 0 Å². The summed E-state index contributed by atoms with van der Waals surface area (Å²) in [6.45, 7) is 5.32. The fourth-order valence-corrected chi connectivity index (χ4v) is 1.79. The Bertz CT molecular complexity index is 255. The van der Waals surface area contributed by atoms with Crippen molar-refractivity contribution in [3.05, 3.63) is 0 Å². The Morgan fingerprint density at radius 3 is 2.87 bits per heavy atom. The molecule has 1 fully saturated rings. The predicted octanol–water partition coefficient (Wildman–Crippen LogP) is -0.242. The van der Waals surface area contributed by atoms with E-state index in [0.29, 0.717) is 13.1 Å². The Labute approximate surface area is 89.8 Å². The quantitative estimate of drug-likeness (QED) is 0.659. The summed E-state index contributed by atoms with van der Waals surface area (Å²) in [5.74, 6) is -0.369. The molecule has 0 aromatic rings. The Balaban J connectivity index is 2.62. The second-order valence-corrected chi connectivity index (χ2v) is 3.78. The van der Waals surface area contributed by atoms with Crippen LogP contribution in [0.15, 0.2) is 0 Å². The molecule has 1 saturated heterocycles. The van der Waals surface area contributed by atoms with Gasteiger partial charge in [-0.15, -0.1) is 0 Å². The number of methoxy groups -OCH3 is 1. The Morgan fingerprint density at radius 2 is 2.33 bits per heavy atom. The summed E-state index contributed by atoms with van der Waals surface area (Å²) in [5, 5.41) is 3.10. The van der Waals surface area contributed by atoms with Crippen LogP contribution in [-0.2, 0) is 14.3 Å². The molecule has 1 N–H and O–H groups in total. The molecule has 1 heterocycles. The number of carbonyl (C=O) groups excluding carboxylic acids is 2. The van der Waals surface area contributed by atoms with Gasteiger partial charge in [0, 0.05) is 19.1 Å². The Kier molecular flexibility index (Phi) is 4.08. The first-order valence-corrected chi connectivity index (χ1v) is 5.20. The molecule has 5 heteroatoms. The van der Waals surface area contributed by atoms with Gasteiger partial charge >= 0.3 is 5.97 Å². The van der Waals surface area contributed by atoms with E-state index in [-0.39, 0.29) is 24.3 Å². The van der Waals surface area contributed by atoms with Crippen molar-refractivity contribution in [2.45, 2.75) is 32.4 Å². The molecule has 5 nitrogen and oxygen atoms in total. The minimum atomic E-state index is -0.429. The van der Waals surface area contributed by atoms with Gasteiger partial charge in [0.1, 0.15) is 0 Å². The molecule has 1 amide bonds. The maximum absolute atomic E-state index is 11.8. The monoisotopic (exact) mass is 214 g/mol. The standard InChI is InChI=1S/C10H18N2O3/c1-4-12-6-7(2)11-8(10(12)14)5-9(13)15-3/h7-8,11H,4-6H2,1-3H3. The number of nitrogens with zero attached hydrogens (tertiary/aromatic N) is 1. The second-order valence-electron chi connectivity index (χ2n) is 3.78. The molecule has 1 rings (SSSR count). The van der Waals surface area contributed by atoms with Crippen LogP contribution in [-0.4, -0.2) is 49.1 Å². The lowest BCUT2D eigenvalue weighted by molar-refractivity contribution is -0.146. The predicted molar refractivity (Wildman–Crippen MR) is 55.3 cm³/mol. The molecule has 0 bridgehead atoms. The van der Waals surface area contributed by atoms with Crippen LogP contribution in [0.1, 0.15) is 20.3 Å². The van der Waals surface area contributed by atoms with E-state index in [1.165, 1.54) is 7.11 Å². The van der Waals surface area contributed by atoms with E-state index in [1.54, 1.807) is 4.90 Å². The zero-order valence-electron chi connectivity index (χ0n) is 9.45. The number of carbonyl (C=O) groups is 2. The normalized spacial score (nSPS) is 26.6. The maximum atomic E-state index is 11.8. The number of rotatable bonds is 3. The average molecular weight is 214 g/mol. The maximum Gasteiger partial charge on any atom is 0.307 e. The number of hydrogen-bond donors (Lipinski definition) is 1. The average Bonchev–Trinajstić information content (AvgIpc) is 2.22. The summed E-state index contributed by atoms with van der Waals surface area (Å²) in [7, 11) is 1.33. The summed E-state index contributed by atoms with van der Waals surface area (Å²) in [4.78, 5) is 24.7. The molecule has 2 atom stereocenters. The minimum Gasteiger partial charge on any atom is -0.469 e. The molecule has 2 unspecified atom stereocenters. The fourth-order valence-electron chi connectivity index (χ4n) is 1.79. The second kappa shape index (κ2) is 5.11. The summed E-state index contributed by atoms with van der Waals surface area (Å²) in [6.07, 6.45) is 0.107. The van der Waals surface area contributed by atoms with Crippen molar-refractivity contribution in [1.82, 2.24) is 10.2 Å². The number of ether oxygens (including phenoxy) is 1. The molecule has 1 aliphatic rings. The topological polar surface area (TPSA) is 58.6 Å². The number of likely N-dealkylation sites (N-methyl/N-ethyl adjacent to an activating group) is 1. The van der Waals surface area contributed by atoms with Crippen molar-refractivity contribution in [2.75, 3.05) is 20.2 Å². The molecule has 0 aliphatic carbocycles. The van der Waals surface area contributed by atoms with Crippen LogP contribution in [0.5, 0.6) is 0 Å². The summed E-state index contributed by atoms with van der Waals surface area (Å²) in [6, 6.07) is -0.210. The summed E-state index contributed by atoms with van der Waals surface area (Å²) >= 11 is 0. The lowest BCUT2D eigenvalue weighted by atomic mass is 10.1. The number of hydrogen-bond acceptors (Lipinski definition) is 4. The molecule has 86 valence electrons. The van der Waals surface area contributed by atoms with Gasteiger partial charge in [0.2, 0.25) is 5.91 Å². The van der Waals surface area contributed by atoms with Gasteiger partial charge in [0.15, 0.2) is 0 Å². The van der Waals surface area contributed by atoms with E-state index < -0.39 is 6.04 Å². The molecule has 1 aliphatic heterocycles. The molecule has 0 aromatic carbocycles. The first-order valence-electron chi connectivity index (χ1n) is 5.20. The van der Waals surface area contributed by atoms with Crippen LogP contribution in [0.25, 0.3) is 0 Å². The summed E-state index contributed by atoms with van der Waals surface area (Å²) < 4.78 is 4.56. The lowest BCUT2D eigenvalue weighted by Crippen LogP contribution is -2.59. The van der Waals surface area contributed by atoms with Crippen LogP contribution in [0.3, 0.4) is 0 Å². The number of esters is 1. The first-order chi connectivity index (χ1) is 7.08. The van der Waals surface area contributed by atoms with Crippen LogP contribution in [0.2, 0.25) is 0 Å². The molecular weight excluding hydrogens is 196 g/mol. The van der Waals surface area contributed by atoms with Crippen molar-refractivity contribution >= 4 is 11.9 Å². The zero-order chi connectivity index (χ0) is 11.4. The largest absolute Gasteiger partial charge is 0.469 e. The first kappa shape index (κ1) is 12.0. The van der Waals surface area contributed by atoms with Crippen molar-refractivity contribution < 1.29 is 14.3 Å². The van der Waals surface area contributed by atoms with E-state index in [9.17, 15) is 9.59 Å². The van der Waals surface area contributed by atoms with E-state index >= 15 is 0 Å². The number of piperazine rings is 1. The zero-order valence-corrected chi connectivity index (χ0v) is 9.45. The van der Waals surface area contributed by atoms with Crippen LogP contribution >= 0.6 is 0 Å². The molecule has 15 heavy (non-hydrogen) atoms. The minimum absolute atomic E-state index is 0.0130. The summed E-state index contributed by atoms with van der Waals surface area (Å²) in [5.41, 5.74) is 0. The highest BCUT2D eigenvalue weighted by Crippen LogP contribution is 2.09. The van der Waals surface area contributed by atoms with Gasteiger partial charge in [-0.1, -0.05) is 0 Å². The molecule has 0 saturated carbocycles. The van der Waals surface area contributed by atoms with Crippen LogP contribution < -0.4 is 5.32 Å². The van der Waals surface area contributed by atoms with E-state index in [2.05, 4.69) is 10.1 Å². The SMILES string of the molecule is CCN1CC(C)NC(CC(=O)OC)C1=O. The van der Waals surface area contributed by atoms with Gasteiger partial charge in [-0.05, 0) is 13.8 Å². The van der Waals surface area contributed by atoms with E-state index in [4.69, 9.17) is 0 Å². The van der Waals surface area contributed by atoms with Crippen molar-refractivity contribution in [2.24, 2.45) is 0 Å². The van der Waals surface area contributed by atoms with Gasteiger partial charge < -0.3 is 15.0 Å². The Hall–Kier alpha value is -1.10. The molecule has 0 radical (unpaired) electrons. The van der Waals surface area contributed by atoms with Gasteiger partial charge in [-0.3, -0.25) is 9.59 Å². The van der Waals surface area contributed by atoms with Gasteiger partial charge in [0.25, 0.3) is 0 Å². The van der Waals surface area contributed by atoms with Crippen LogP contribution in [0, 0.1) is 0 Å². The van der Waals surface area contributed by atoms with Crippen LogP contribution in [0.4, 0.5) is 0 Å².